The number of benzene rings is 1. The highest BCUT2D eigenvalue weighted by molar-refractivity contribution is 5.44. The number of para-hydroxylation sites is 1. The van der Waals surface area contributed by atoms with Crippen molar-refractivity contribution in [2.24, 2.45) is 5.41 Å². The van der Waals surface area contributed by atoms with Crippen molar-refractivity contribution < 1.29 is 9.84 Å². The van der Waals surface area contributed by atoms with Crippen LogP contribution in [0.25, 0.3) is 0 Å². The zero-order chi connectivity index (χ0) is 17.7. The first-order valence-corrected chi connectivity index (χ1v) is 8.96. The van der Waals surface area contributed by atoms with Crippen LogP contribution in [0.3, 0.4) is 0 Å². The highest BCUT2D eigenvalue weighted by Gasteiger charge is 2.36. The molecule has 1 aliphatic heterocycles. The first-order valence-electron chi connectivity index (χ1n) is 8.96. The van der Waals surface area contributed by atoms with Gasteiger partial charge in [-0.05, 0) is 45.2 Å². The quantitative estimate of drug-likeness (QED) is 0.875. The summed E-state index contributed by atoms with van der Waals surface area (Å²) in [6, 6.07) is 9.85. The van der Waals surface area contributed by atoms with Gasteiger partial charge in [0.1, 0.15) is 11.6 Å². The molecule has 1 aliphatic rings. The summed E-state index contributed by atoms with van der Waals surface area (Å²) in [6.07, 6.45) is 4.68. The minimum atomic E-state index is -0.148. The number of nitrogens with zero attached hydrogens (tertiary/aromatic N) is 3. The molecule has 1 aromatic heterocycles. The van der Waals surface area contributed by atoms with Crippen LogP contribution in [0.15, 0.2) is 36.5 Å². The van der Waals surface area contributed by atoms with Crippen molar-refractivity contribution >= 4 is 5.82 Å². The minimum Gasteiger partial charge on any atom is -0.494 e. The Bertz CT molecular complexity index is 693. The lowest BCUT2D eigenvalue weighted by Crippen LogP contribution is -2.47. The lowest BCUT2D eigenvalue weighted by molar-refractivity contribution is 0.0791. The molecule has 0 saturated carbocycles. The summed E-state index contributed by atoms with van der Waals surface area (Å²) in [5.74, 6) is 1.82. The summed E-state index contributed by atoms with van der Waals surface area (Å²) in [7, 11) is 0. The predicted octanol–water partition coefficient (Wildman–Crippen LogP) is 3.14. The van der Waals surface area contributed by atoms with Crippen molar-refractivity contribution in [2.75, 3.05) is 31.2 Å². The maximum atomic E-state index is 10.1. The molecular formula is C20H27N3O2. The van der Waals surface area contributed by atoms with Crippen LogP contribution in [0.5, 0.6) is 5.75 Å². The summed E-state index contributed by atoms with van der Waals surface area (Å²) in [6.45, 7) is 6.49. The number of ether oxygens (including phenoxy) is 1. The Labute approximate surface area is 149 Å². The Kier molecular flexibility index (Phi) is 5.53. The van der Waals surface area contributed by atoms with Gasteiger partial charge in [0, 0.05) is 24.7 Å². The second-order valence-corrected chi connectivity index (χ2v) is 7.02. The average molecular weight is 341 g/mol. The number of aliphatic hydroxyl groups excluding tert-OH is 1. The summed E-state index contributed by atoms with van der Waals surface area (Å²) in [5.41, 5.74) is 1.72. The second-order valence-electron chi connectivity index (χ2n) is 7.02. The zero-order valence-corrected chi connectivity index (χ0v) is 15.1. The van der Waals surface area contributed by atoms with Gasteiger partial charge in [-0.3, -0.25) is 4.98 Å². The standard InChI is InChI=1S/C20H27N3O2/c1-16-13-21-17(2)19(22-16)23-11-6-9-20(14-23,15-24)10-12-25-18-7-4-3-5-8-18/h3-5,7-8,13,24H,6,9-12,14-15H2,1-2H3. The van der Waals surface area contributed by atoms with Gasteiger partial charge in [0.15, 0.2) is 0 Å². The lowest BCUT2D eigenvalue weighted by Gasteiger charge is -2.42. The van der Waals surface area contributed by atoms with Crippen LogP contribution in [-0.4, -0.2) is 41.4 Å². The first-order chi connectivity index (χ1) is 12.1. The number of anilines is 1. The van der Waals surface area contributed by atoms with Crippen molar-refractivity contribution in [3.8, 4) is 5.75 Å². The number of hydrogen-bond donors (Lipinski definition) is 1. The van der Waals surface area contributed by atoms with Crippen molar-refractivity contribution in [3.63, 3.8) is 0 Å². The molecule has 0 spiro atoms. The maximum Gasteiger partial charge on any atom is 0.150 e. The Balaban J connectivity index is 1.67. The fraction of sp³-hybridized carbons (Fsp3) is 0.500. The molecule has 134 valence electrons. The molecule has 1 unspecified atom stereocenters. The molecule has 0 aliphatic carbocycles. The fourth-order valence-electron chi connectivity index (χ4n) is 3.53. The summed E-state index contributed by atoms with van der Waals surface area (Å²) in [4.78, 5) is 11.4. The van der Waals surface area contributed by atoms with Gasteiger partial charge in [0.05, 0.1) is 24.6 Å². The molecule has 2 heterocycles. The Morgan fingerprint density at radius 2 is 2.04 bits per heavy atom. The largest absolute Gasteiger partial charge is 0.494 e. The zero-order valence-electron chi connectivity index (χ0n) is 15.1. The molecule has 0 radical (unpaired) electrons. The van der Waals surface area contributed by atoms with Crippen molar-refractivity contribution in [3.05, 3.63) is 47.9 Å². The van der Waals surface area contributed by atoms with Crippen LogP contribution in [0.2, 0.25) is 0 Å². The second kappa shape index (κ2) is 7.83. The van der Waals surface area contributed by atoms with E-state index in [-0.39, 0.29) is 12.0 Å². The molecule has 1 atom stereocenters. The molecule has 5 heteroatoms. The summed E-state index contributed by atoms with van der Waals surface area (Å²) >= 11 is 0. The maximum absolute atomic E-state index is 10.1. The molecule has 1 aromatic carbocycles. The third-order valence-corrected chi connectivity index (χ3v) is 4.99. The van der Waals surface area contributed by atoms with E-state index < -0.39 is 0 Å². The van der Waals surface area contributed by atoms with E-state index in [1.165, 1.54) is 0 Å². The first kappa shape index (κ1) is 17.7. The molecule has 5 nitrogen and oxygen atoms in total. The van der Waals surface area contributed by atoms with Crippen LogP contribution in [0, 0.1) is 19.3 Å². The van der Waals surface area contributed by atoms with Crippen molar-refractivity contribution in [1.82, 2.24) is 9.97 Å². The number of hydrogen-bond acceptors (Lipinski definition) is 5. The fourth-order valence-corrected chi connectivity index (χ4v) is 3.53. The highest BCUT2D eigenvalue weighted by atomic mass is 16.5. The number of piperidine rings is 1. The van der Waals surface area contributed by atoms with Gasteiger partial charge < -0.3 is 14.7 Å². The van der Waals surface area contributed by atoms with E-state index >= 15 is 0 Å². The van der Waals surface area contributed by atoms with E-state index in [4.69, 9.17) is 4.74 Å². The van der Waals surface area contributed by atoms with E-state index in [1.54, 1.807) is 6.20 Å². The highest BCUT2D eigenvalue weighted by Crippen LogP contribution is 2.35. The van der Waals surface area contributed by atoms with Crippen LogP contribution in [-0.2, 0) is 0 Å². The molecule has 0 bridgehead atoms. The van der Waals surface area contributed by atoms with Crippen molar-refractivity contribution in [1.29, 1.82) is 0 Å². The molecule has 1 N–H and O–H groups in total. The van der Waals surface area contributed by atoms with E-state index in [0.717, 1.165) is 55.3 Å². The van der Waals surface area contributed by atoms with Crippen LogP contribution in [0.4, 0.5) is 5.82 Å². The smallest absolute Gasteiger partial charge is 0.150 e. The third kappa shape index (κ3) is 4.28. The van der Waals surface area contributed by atoms with Crippen molar-refractivity contribution in [2.45, 2.75) is 33.1 Å². The number of rotatable bonds is 6. The summed E-state index contributed by atoms with van der Waals surface area (Å²) < 4.78 is 5.86. The van der Waals surface area contributed by atoms with Gasteiger partial charge in [-0.2, -0.15) is 0 Å². The molecule has 2 aromatic rings. The van der Waals surface area contributed by atoms with Crippen LogP contribution in [0.1, 0.15) is 30.7 Å². The SMILES string of the molecule is Cc1cnc(C)c(N2CCCC(CO)(CCOc3ccccc3)C2)n1. The van der Waals surface area contributed by atoms with E-state index in [9.17, 15) is 5.11 Å². The van der Waals surface area contributed by atoms with Gasteiger partial charge in [-0.15, -0.1) is 0 Å². The number of aromatic nitrogens is 2. The van der Waals surface area contributed by atoms with E-state index in [2.05, 4.69) is 14.9 Å². The lowest BCUT2D eigenvalue weighted by atomic mass is 9.78. The normalized spacial score (nSPS) is 20.5. The number of aryl methyl sites for hydroxylation is 2. The van der Waals surface area contributed by atoms with E-state index in [0.29, 0.717) is 6.61 Å². The Morgan fingerprint density at radius 3 is 2.80 bits per heavy atom. The molecule has 0 amide bonds. The third-order valence-electron chi connectivity index (χ3n) is 4.99. The van der Waals surface area contributed by atoms with Crippen LogP contribution >= 0.6 is 0 Å². The minimum absolute atomic E-state index is 0.148. The van der Waals surface area contributed by atoms with Crippen LogP contribution < -0.4 is 9.64 Å². The molecule has 3 rings (SSSR count). The molecular weight excluding hydrogens is 314 g/mol. The molecule has 25 heavy (non-hydrogen) atoms. The molecule has 1 fully saturated rings. The Hall–Kier alpha value is -2.14. The van der Waals surface area contributed by atoms with Gasteiger partial charge in [0.2, 0.25) is 0 Å². The topological polar surface area (TPSA) is 58.5 Å². The van der Waals surface area contributed by atoms with Gasteiger partial charge >= 0.3 is 0 Å². The monoisotopic (exact) mass is 341 g/mol. The van der Waals surface area contributed by atoms with Gasteiger partial charge in [-0.25, -0.2) is 4.98 Å². The predicted molar refractivity (Wildman–Crippen MR) is 99.0 cm³/mol. The average Bonchev–Trinajstić information content (AvgIpc) is 2.65. The van der Waals surface area contributed by atoms with Gasteiger partial charge in [0.25, 0.3) is 0 Å². The summed E-state index contributed by atoms with van der Waals surface area (Å²) in [5, 5.41) is 10.1. The van der Waals surface area contributed by atoms with E-state index in [1.807, 2.05) is 44.2 Å². The van der Waals surface area contributed by atoms with Gasteiger partial charge in [-0.1, -0.05) is 18.2 Å². The Morgan fingerprint density at radius 1 is 1.24 bits per heavy atom. The molecule has 1 saturated heterocycles. The number of aliphatic hydroxyl groups is 1.